The summed E-state index contributed by atoms with van der Waals surface area (Å²) in [6.07, 6.45) is 11.0. The number of anilines is 1. The van der Waals surface area contributed by atoms with Crippen LogP contribution < -0.4 is 15.0 Å². The molecule has 42 heavy (non-hydrogen) atoms. The van der Waals surface area contributed by atoms with Crippen LogP contribution in [0, 0.1) is 24.0 Å². The lowest BCUT2D eigenvalue weighted by molar-refractivity contribution is 0.0959. The number of piperidine rings is 1. The van der Waals surface area contributed by atoms with Gasteiger partial charge in [0.05, 0.1) is 10.9 Å². The largest absolute Gasteiger partial charge is 0.508 e. The van der Waals surface area contributed by atoms with Crippen molar-refractivity contribution >= 4 is 27.5 Å². The van der Waals surface area contributed by atoms with E-state index in [1.54, 1.807) is 6.20 Å². The highest BCUT2D eigenvalue weighted by Crippen LogP contribution is 2.39. The van der Waals surface area contributed by atoms with Gasteiger partial charge in [-0.3, -0.25) is 4.98 Å². The number of hydrogen-bond donors (Lipinski definition) is 2. The first-order chi connectivity index (χ1) is 20.4. The molecule has 0 radical (unpaired) electrons. The Morgan fingerprint density at radius 3 is 2.57 bits per heavy atom. The molecule has 2 aromatic carbocycles. The van der Waals surface area contributed by atoms with Crippen molar-refractivity contribution in [2.24, 2.45) is 0 Å². The predicted molar refractivity (Wildman–Crippen MR) is 158 cm³/mol. The number of benzene rings is 2. The highest BCUT2D eigenvalue weighted by atomic mass is 19.1. The van der Waals surface area contributed by atoms with E-state index >= 15 is 4.39 Å². The predicted octanol–water partition coefficient (Wildman–Crippen LogP) is 4.61. The normalized spacial score (nSPS) is 21.2. The zero-order valence-corrected chi connectivity index (χ0v) is 23.4. The topological polar surface area (TPSA) is 86.6 Å². The van der Waals surface area contributed by atoms with Crippen molar-refractivity contribution in [1.29, 1.82) is 0 Å². The monoisotopic (exact) mass is 570 g/mol. The summed E-state index contributed by atoms with van der Waals surface area (Å²) >= 11 is 0. The highest BCUT2D eigenvalue weighted by molar-refractivity contribution is 6.03. The summed E-state index contributed by atoms with van der Waals surface area (Å²) in [5.41, 5.74) is 0.141. The number of halogens is 2. The number of pyridine rings is 1. The molecular weight excluding hydrogens is 538 g/mol. The molecule has 2 N–H and O–H groups in total. The van der Waals surface area contributed by atoms with Crippen LogP contribution in [-0.2, 0) is 0 Å². The number of aromatic nitrogens is 3. The van der Waals surface area contributed by atoms with Crippen LogP contribution in [0.2, 0.25) is 0 Å². The smallest absolute Gasteiger partial charge is 0.319 e. The van der Waals surface area contributed by atoms with E-state index in [0.717, 1.165) is 58.4 Å². The van der Waals surface area contributed by atoms with Crippen molar-refractivity contribution in [1.82, 2.24) is 25.2 Å². The maximum absolute atomic E-state index is 16.6. The summed E-state index contributed by atoms with van der Waals surface area (Å²) in [7, 11) is 0. The first-order valence-corrected chi connectivity index (χ1v) is 14.6. The molecule has 0 saturated carbocycles. The number of fused-ring (bicyclic) bond motifs is 4. The third-order valence-corrected chi connectivity index (χ3v) is 8.86. The van der Waals surface area contributed by atoms with E-state index in [4.69, 9.17) is 16.1 Å². The van der Waals surface area contributed by atoms with Gasteiger partial charge in [0.1, 0.15) is 34.7 Å². The molecule has 0 spiro atoms. The second kappa shape index (κ2) is 10.6. The average molecular weight is 571 g/mol. The minimum absolute atomic E-state index is 0.0223. The molecule has 7 rings (SSSR count). The maximum atomic E-state index is 16.6. The number of phenols is 1. The Morgan fingerprint density at radius 1 is 1.10 bits per heavy atom. The molecule has 0 amide bonds. The molecule has 2 bridgehead atoms. The van der Waals surface area contributed by atoms with E-state index in [0.29, 0.717) is 34.1 Å². The number of aromatic hydroxyl groups is 1. The van der Waals surface area contributed by atoms with Gasteiger partial charge < -0.3 is 25.0 Å². The standard InChI is InChI=1S/C32H32F2N6O2/c1-3-23-26(33)8-5-18-13-21(41)14-24(27(18)23)29-28(34)30-25(15-35-29)31(40-16-19-6-7-20(17-40)36-19)38-32(37-30)42-22-9-11-39(4-2)12-10-22/h1,5,8,13-15,19-20,22,36,41H,4,6-7,9-12,16-17H2,2H3. The number of phenolic OH excluding ortho intramolecular Hbond substituents is 1. The molecule has 216 valence electrons. The maximum Gasteiger partial charge on any atom is 0.319 e. The molecule has 3 aliphatic heterocycles. The summed E-state index contributed by atoms with van der Waals surface area (Å²) in [4.78, 5) is 18.5. The van der Waals surface area contributed by atoms with E-state index in [-0.39, 0.29) is 40.2 Å². The molecule has 0 aliphatic carbocycles. The number of hydrogen-bond acceptors (Lipinski definition) is 8. The average Bonchev–Trinajstić information content (AvgIpc) is 3.34. The van der Waals surface area contributed by atoms with Crippen LogP contribution in [0.1, 0.15) is 38.2 Å². The first kappa shape index (κ1) is 26.8. The molecule has 10 heteroatoms. The zero-order chi connectivity index (χ0) is 29.0. The lowest BCUT2D eigenvalue weighted by Crippen LogP contribution is -2.51. The summed E-state index contributed by atoms with van der Waals surface area (Å²) < 4.78 is 37.7. The fourth-order valence-electron chi connectivity index (χ4n) is 6.72. The Hall–Kier alpha value is -4.07. The van der Waals surface area contributed by atoms with Gasteiger partial charge in [-0.1, -0.05) is 18.9 Å². The number of rotatable bonds is 5. The first-order valence-electron chi connectivity index (χ1n) is 14.6. The van der Waals surface area contributed by atoms with Crippen LogP contribution in [0.15, 0.2) is 30.5 Å². The fourth-order valence-corrected chi connectivity index (χ4v) is 6.72. The molecule has 2 atom stereocenters. The third kappa shape index (κ3) is 4.67. The summed E-state index contributed by atoms with van der Waals surface area (Å²) in [6.45, 7) is 6.45. The van der Waals surface area contributed by atoms with Gasteiger partial charge in [0, 0.05) is 55.4 Å². The van der Waals surface area contributed by atoms with E-state index < -0.39 is 11.6 Å². The minimum atomic E-state index is -0.709. The quantitative estimate of drug-likeness (QED) is 0.337. The number of nitrogens with one attached hydrogen (secondary N) is 1. The van der Waals surface area contributed by atoms with Crippen molar-refractivity contribution < 1.29 is 18.6 Å². The SMILES string of the molecule is C#Cc1c(F)ccc2cc(O)cc(-c3ncc4c(N5CC6CCC(C5)N6)nc(OC5CCN(CC)CC5)nc4c3F)c12. The van der Waals surface area contributed by atoms with Gasteiger partial charge in [-0.2, -0.15) is 9.97 Å². The highest BCUT2D eigenvalue weighted by Gasteiger charge is 2.34. The van der Waals surface area contributed by atoms with Gasteiger partial charge in [0.15, 0.2) is 5.82 Å². The van der Waals surface area contributed by atoms with E-state index in [9.17, 15) is 9.50 Å². The summed E-state index contributed by atoms with van der Waals surface area (Å²) in [5, 5.41) is 15.4. The van der Waals surface area contributed by atoms with Crippen LogP contribution in [-0.4, -0.2) is 75.9 Å². The molecule has 2 unspecified atom stereocenters. The third-order valence-electron chi connectivity index (χ3n) is 8.86. The fraction of sp³-hybridized carbons (Fsp3) is 0.406. The van der Waals surface area contributed by atoms with Crippen molar-refractivity contribution in [3.8, 4) is 35.4 Å². The second-order valence-electron chi connectivity index (χ2n) is 11.5. The summed E-state index contributed by atoms with van der Waals surface area (Å²) in [5.74, 6) is 1.54. The molecule has 3 aliphatic rings. The van der Waals surface area contributed by atoms with Crippen molar-refractivity contribution in [3.05, 3.63) is 47.7 Å². The Labute approximate surface area is 242 Å². The number of piperazine rings is 1. The van der Waals surface area contributed by atoms with Gasteiger partial charge in [0.2, 0.25) is 0 Å². The number of nitrogens with zero attached hydrogens (tertiary/aromatic N) is 5. The Balaban J connectivity index is 1.38. The molecular formula is C32H32F2N6O2. The summed E-state index contributed by atoms with van der Waals surface area (Å²) in [6, 6.07) is 6.36. The Morgan fingerprint density at radius 2 is 1.86 bits per heavy atom. The van der Waals surface area contributed by atoms with Crippen LogP contribution >= 0.6 is 0 Å². The van der Waals surface area contributed by atoms with Gasteiger partial charge >= 0.3 is 6.01 Å². The zero-order valence-electron chi connectivity index (χ0n) is 23.4. The van der Waals surface area contributed by atoms with Crippen LogP contribution in [0.25, 0.3) is 32.9 Å². The van der Waals surface area contributed by atoms with Gasteiger partial charge in [0.25, 0.3) is 0 Å². The molecule has 5 heterocycles. The van der Waals surface area contributed by atoms with Crippen LogP contribution in [0.3, 0.4) is 0 Å². The van der Waals surface area contributed by atoms with E-state index in [1.165, 1.54) is 24.3 Å². The Kier molecular flexibility index (Phi) is 6.79. The Bertz CT molecular complexity index is 1720. The number of ether oxygens (including phenoxy) is 1. The lowest BCUT2D eigenvalue weighted by Gasteiger charge is -2.34. The minimum Gasteiger partial charge on any atom is -0.508 e. The number of terminal acetylenes is 1. The van der Waals surface area contributed by atoms with Crippen molar-refractivity contribution in [3.63, 3.8) is 0 Å². The molecule has 4 aromatic rings. The van der Waals surface area contributed by atoms with Gasteiger partial charge in [-0.05, 0) is 55.8 Å². The van der Waals surface area contributed by atoms with Crippen LogP contribution in [0.4, 0.5) is 14.6 Å². The van der Waals surface area contributed by atoms with E-state index in [2.05, 4.69) is 37.9 Å². The number of likely N-dealkylation sites (tertiary alicyclic amines) is 1. The van der Waals surface area contributed by atoms with Crippen LogP contribution in [0.5, 0.6) is 11.8 Å². The molecule has 2 aromatic heterocycles. The van der Waals surface area contributed by atoms with Gasteiger partial charge in [-0.15, -0.1) is 6.42 Å². The van der Waals surface area contributed by atoms with Crippen molar-refractivity contribution in [2.45, 2.75) is 50.8 Å². The second-order valence-corrected chi connectivity index (χ2v) is 11.5. The molecule has 3 fully saturated rings. The molecule has 3 saturated heterocycles. The van der Waals surface area contributed by atoms with Crippen molar-refractivity contribution in [2.75, 3.05) is 37.6 Å². The lowest BCUT2D eigenvalue weighted by atomic mass is 9.96. The van der Waals surface area contributed by atoms with E-state index in [1.807, 2.05) is 0 Å². The van der Waals surface area contributed by atoms with Gasteiger partial charge in [-0.25, -0.2) is 8.78 Å². The molecule has 8 nitrogen and oxygen atoms in total.